The third kappa shape index (κ3) is 3.14. The quantitative estimate of drug-likeness (QED) is 0.923. The van der Waals surface area contributed by atoms with E-state index in [9.17, 15) is 18.0 Å². The molecule has 0 bridgehead atoms. The molecule has 0 aliphatic rings. The number of H-pyrrole nitrogens is 1. The SMILES string of the molecule is O=c1[nH]cnc(C(F)(F)F)c1Cc1ccc(Cl)cc1. The molecular formula is C12H8ClF3N2O. The molecule has 19 heavy (non-hydrogen) atoms. The van der Waals surface area contributed by atoms with Gasteiger partial charge in [0, 0.05) is 11.4 Å². The molecule has 3 nitrogen and oxygen atoms in total. The predicted molar refractivity (Wildman–Crippen MR) is 64.1 cm³/mol. The number of aromatic nitrogens is 2. The molecule has 2 rings (SSSR count). The second kappa shape index (κ2) is 5.05. The summed E-state index contributed by atoms with van der Waals surface area (Å²) in [6.07, 6.45) is -4.07. The summed E-state index contributed by atoms with van der Waals surface area (Å²) in [5.41, 5.74) is -1.81. The molecule has 7 heteroatoms. The first-order chi connectivity index (χ1) is 8.88. The second-order valence-electron chi connectivity index (χ2n) is 3.86. The van der Waals surface area contributed by atoms with Gasteiger partial charge < -0.3 is 4.98 Å². The molecule has 0 amide bonds. The Morgan fingerprint density at radius 1 is 1.21 bits per heavy atom. The topological polar surface area (TPSA) is 45.8 Å². The summed E-state index contributed by atoms with van der Waals surface area (Å²) in [6.45, 7) is 0. The Bertz CT molecular complexity index is 635. The summed E-state index contributed by atoms with van der Waals surface area (Å²) in [7, 11) is 0. The molecule has 2 aromatic rings. The highest BCUT2D eigenvalue weighted by molar-refractivity contribution is 6.30. The van der Waals surface area contributed by atoms with Gasteiger partial charge in [0.1, 0.15) is 0 Å². The lowest BCUT2D eigenvalue weighted by molar-refractivity contribution is -0.141. The number of nitrogens with zero attached hydrogens (tertiary/aromatic N) is 1. The molecule has 1 aromatic heterocycles. The van der Waals surface area contributed by atoms with E-state index in [1.54, 1.807) is 24.3 Å². The monoisotopic (exact) mass is 288 g/mol. The Hall–Kier alpha value is -1.82. The van der Waals surface area contributed by atoms with Crippen molar-refractivity contribution in [3.63, 3.8) is 0 Å². The van der Waals surface area contributed by atoms with Gasteiger partial charge in [0.25, 0.3) is 5.56 Å². The second-order valence-corrected chi connectivity index (χ2v) is 4.30. The number of rotatable bonds is 2. The van der Waals surface area contributed by atoms with Crippen molar-refractivity contribution >= 4 is 11.6 Å². The number of hydrogen-bond donors (Lipinski definition) is 1. The Morgan fingerprint density at radius 2 is 1.84 bits per heavy atom. The molecule has 0 unspecified atom stereocenters. The molecule has 0 atom stereocenters. The van der Waals surface area contributed by atoms with Crippen LogP contribution in [0.15, 0.2) is 35.4 Å². The van der Waals surface area contributed by atoms with Crippen LogP contribution < -0.4 is 5.56 Å². The van der Waals surface area contributed by atoms with Crippen LogP contribution in [-0.2, 0) is 12.6 Å². The van der Waals surface area contributed by atoms with Crippen molar-refractivity contribution in [3.8, 4) is 0 Å². The molecule has 0 saturated heterocycles. The molecule has 0 saturated carbocycles. The van der Waals surface area contributed by atoms with Crippen molar-refractivity contribution in [3.05, 3.63) is 62.8 Å². The van der Waals surface area contributed by atoms with Gasteiger partial charge in [0.15, 0.2) is 5.69 Å². The van der Waals surface area contributed by atoms with E-state index in [4.69, 9.17) is 11.6 Å². The van der Waals surface area contributed by atoms with Crippen molar-refractivity contribution in [1.82, 2.24) is 9.97 Å². The molecule has 0 spiro atoms. The Kier molecular flexibility index (Phi) is 3.61. The van der Waals surface area contributed by atoms with Crippen LogP contribution in [-0.4, -0.2) is 9.97 Å². The normalized spacial score (nSPS) is 11.6. The van der Waals surface area contributed by atoms with E-state index in [0.717, 1.165) is 6.33 Å². The van der Waals surface area contributed by atoms with E-state index in [0.29, 0.717) is 10.6 Å². The van der Waals surface area contributed by atoms with Gasteiger partial charge in [-0.3, -0.25) is 4.79 Å². The first kappa shape index (κ1) is 13.6. The van der Waals surface area contributed by atoms with E-state index in [1.807, 2.05) is 0 Å². The zero-order valence-corrected chi connectivity index (χ0v) is 10.2. The molecule has 100 valence electrons. The lowest BCUT2D eigenvalue weighted by Crippen LogP contribution is -2.22. The van der Waals surface area contributed by atoms with Gasteiger partial charge in [-0.1, -0.05) is 23.7 Å². The molecule has 0 fully saturated rings. The maximum Gasteiger partial charge on any atom is 0.433 e. The van der Waals surface area contributed by atoms with Crippen molar-refractivity contribution < 1.29 is 13.2 Å². The summed E-state index contributed by atoms with van der Waals surface area (Å²) in [5.74, 6) is 0. The van der Waals surface area contributed by atoms with Crippen molar-refractivity contribution in [1.29, 1.82) is 0 Å². The Morgan fingerprint density at radius 3 is 2.42 bits per heavy atom. The fraction of sp³-hybridized carbons (Fsp3) is 0.167. The number of benzene rings is 1. The molecule has 1 heterocycles. The smallest absolute Gasteiger partial charge is 0.313 e. The van der Waals surface area contributed by atoms with Crippen molar-refractivity contribution in [2.45, 2.75) is 12.6 Å². The fourth-order valence-corrected chi connectivity index (χ4v) is 1.77. The third-order valence-electron chi connectivity index (χ3n) is 2.51. The number of halogens is 4. The van der Waals surface area contributed by atoms with Gasteiger partial charge >= 0.3 is 6.18 Å². The molecule has 0 aliphatic heterocycles. The van der Waals surface area contributed by atoms with Crippen LogP contribution in [0, 0.1) is 0 Å². The largest absolute Gasteiger partial charge is 0.433 e. The highest BCUT2D eigenvalue weighted by Gasteiger charge is 2.36. The zero-order chi connectivity index (χ0) is 14.0. The van der Waals surface area contributed by atoms with E-state index < -0.39 is 23.0 Å². The van der Waals surface area contributed by atoms with Crippen LogP contribution in [0.5, 0.6) is 0 Å². The minimum Gasteiger partial charge on any atom is -0.313 e. The summed E-state index contributed by atoms with van der Waals surface area (Å²) in [4.78, 5) is 16.9. The van der Waals surface area contributed by atoms with Crippen LogP contribution in [0.3, 0.4) is 0 Å². The van der Waals surface area contributed by atoms with E-state index in [-0.39, 0.29) is 6.42 Å². The predicted octanol–water partition coefficient (Wildman–Crippen LogP) is 3.03. The van der Waals surface area contributed by atoms with Crippen LogP contribution in [0.1, 0.15) is 16.8 Å². The standard InChI is InChI=1S/C12H8ClF3N2O/c13-8-3-1-7(2-4-8)5-9-10(12(14,15)16)17-6-18-11(9)19/h1-4,6H,5H2,(H,17,18,19). The van der Waals surface area contributed by atoms with Crippen LogP contribution >= 0.6 is 11.6 Å². The Labute approximate surface area is 111 Å². The molecular weight excluding hydrogens is 281 g/mol. The highest BCUT2D eigenvalue weighted by atomic mass is 35.5. The Balaban J connectivity index is 2.45. The molecule has 1 N–H and O–H groups in total. The van der Waals surface area contributed by atoms with Gasteiger partial charge in [-0.05, 0) is 17.7 Å². The van der Waals surface area contributed by atoms with Gasteiger partial charge in [0.2, 0.25) is 0 Å². The zero-order valence-electron chi connectivity index (χ0n) is 9.46. The van der Waals surface area contributed by atoms with Crippen LogP contribution in [0.2, 0.25) is 5.02 Å². The van der Waals surface area contributed by atoms with Crippen molar-refractivity contribution in [2.75, 3.05) is 0 Å². The van der Waals surface area contributed by atoms with E-state index in [1.165, 1.54) is 0 Å². The van der Waals surface area contributed by atoms with Gasteiger partial charge in [-0.2, -0.15) is 13.2 Å². The maximum atomic E-state index is 12.8. The fourth-order valence-electron chi connectivity index (χ4n) is 1.64. The number of nitrogens with one attached hydrogen (secondary N) is 1. The van der Waals surface area contributed by atoms with Crippen LogP contribution in [0.25, 0.3) is 0 Å². The average Bonchev–Trinajstić information content (AvgIpc) is 2.33. The molecule has 0 aliphatic carbocycles. The highest BCUT2D eigenvalue weighted by Crippen LogP contribution is 2.29. The number of alkyl halides is 3. The number of aromatic amines is 1. The third-order valence-corrected chi connectivity index (χ3v) is 2.76. The summed E-state index contributed by atoms with van der Waals surface area (Å²) < 4.78 is 38.3. The molecule has 1 aromatic carbocycles. The van der Waals surface area contributed by atoms with Gasteiger partial charge in [-0.15, -0.1) is 0 Å². The van der Waals surface area contributed by atoms with Crippen molar-refractivity contribution in [2.24, 2.45) is 0 Å². The summed E-state index contributed by atoms with van der Waals surface area (Å²) in [5, 5.41) is 0.472. The first-order valence-corrected chi connectivity index (χ1v) is 5.64. The lowest BCUT2D eigenvalue weighted by Gasteiger charge is -2.10. The van der Waals surface area contributed by atoms with E-state index >= 15 is 0 Å². The average molecular weight is 289 g/mol. The minimum atomic E-state index is -4.66. The number of hydrogen-bond acceptors (Lipinski definition) is 2. The lowest BCUT2D eigenvalue weighted by atomic mass is 10.0. The summed E-state index contributed by atoms with van der Waals surface area (Å²) in [6, 6.07) is 6.23. The first-order valence-electron chi connectivity index (χ1n) is 5.26. The maximum absolute atomic E-state index is 12.8. The summed E-state index contributed by atoms with van der Waals surface area (Å²) >= 11 is 5.69. The van der Waals surface area contributed by atoms with Gasteiger partial charge in [-0.25, -0.2) is 4.98 Å². The van der Waals surface area contributed by atoms with E-state index in [2.05, 4.69) is 9.97 Å². The van der Waals surface area contributed by atoms with Crippen LogP contribution in [0.4, 0.5) is 13.2 Å². The minimum absolute atomic E-state index is 0.158. The van der Waals surface area contributed by atoms with Gasteiger partial charge in [0.05, 0.1) is 11.9 Å². The molecule has 0 radical (unpaired) electrons.